The van der Waals surface area contributed by atoms with Crippen molar-refractivity contribution < 1.29 is 9.18 Å². The maximum Gasteiger partial charge on any atom is 0.346 e. The highest BCUT2D eigenvalue weighted by Gasteiger charge is 2.11. The van der Waals surface area contributed by atoms with Gasteiger partial charge < -0.3 is 15.2 Å². The second-order valence-corrected chi connectivity index (χ2v) is 5.89. The van der Waals surface area contributed by atoms with Gasteiger partial charge in [-0.15, -0.1) is 0 Å². The van der Waals surface area contributed by atoms with E-state index in [1.165, 1.54) is 30.3 Å². The van der Waals surface area contributed by atoms with Crippen molar-refractivity contribution >= 4 is 17.3 Å². The molecule has 0 saturated heterocycles. The molecule has 1 heterocycles. The van der Waals surface area contributed by atoms with Gasteiger partial charge in [-0.05, 0) is 54.6 Å². The molecule has 1 amide bonds. The number of benzene rings is 2. The number of nitrogens with zero attached hydrogens (tertiary/aromatic N) is 2. The number of amides is 1. The lowest BCUT2D eigenvalue weighted by molar-refractivity contribution is 0.102. The molecule has 7 heteroatoms. The van der Waals surface area contributed by atoms with Crippen LogP contribution in [0.5, 0.6) is 0 Å². The van der Waals surface area contributed by atoms with Gasteiger partial charge in [-0.3, -0.25) is 4.79 Å². The third-order valence-corrected chi connectivity index (χ3v) is 3.77. The van der Waals surface area contributed by atoms with Crippen molar-refractivity contribution in [3.63, 3.8) is 0 Å². The quantitative estimate of drug-likeness (QED) is 0.757. The Morgan fingerprint density at radius 3 is 2.35 bits per heavy atom. The number of rotatable bonds is 4. The molecule has 2 aromatic carbocycles. The van der Waals surface area contributed by atoms with E-state index in [1.54, 1.807) is 12.1 Å². The van der Waals surface area contributed by atoms with E-state index in [9.17, 15) is 14.0 Å². The summed E-state index contributed by atoms with van der Waals surface area (Å²) in [6, 6.07) is 14.3. The summed E-state index contributed by atoms with van der Waals surface area (Å²) in [6.45, 7) is 0. The molecule has 0 saturated carbocycles. The molecule has 0 aliphatic rings. The molecule has 132 valence electrons. The van der Waals surface area contributed by atoms with Gasteiger partial charge in [-0.25, -0.2) is 9.18 Å². The summed E-state index contributed by atoms with van der Waals surface area (Å²) in [7, 11) is 3.85. The van der Waals surface area contributed by atoms with Gasteiger partial charge in [0.15, 0.2) is 0 Å². The van der Waals surface area contributed by atoms with Gasteiger partial charge in [0.2, 0.25) is 0 Å². The molecular formula is C19H17FN4O2. The normalized spacial score (nSPS) is 10.4. The van der Waals surface area contributed by atoms with Crippen LogP contribution in [0.2, 0.25) is 0 Å². The molecule has 1 aromatic heterocycles. The average Bonchev–Trinajstić information content (AvgIpc) is 2.62. The summed E-state index contributed by atoms with van der Waals surface area (Å²) in [5, 5.41) is 2.72. The Bertz CT molecular complexity index is 980. The maximum atomic E-state index is 13.1. The van der Waals surface area contributed by atoms with Crippen LogP contribution >= 0.6 is 0 Å². The molecule has 0 atom stereocenters. The number of anilines is 2. The molecule has 6 nitrogen and oxygen atoms in total. The first-order valence-corrected chi connectivity index (χ1v) is 7.88. The minimum atomic E-state index is -0.653. The zero-order chi connectivity index (χ0) is 18.7. The molecule has 3 rings (SSSR count). The third-order valence-electron chi connectivity index (χ3n) is 3.77. The van der Waals surface area contributed by atoms with Crippen LogP contribution in [0.4, 0.5) is 15.8 Å². The summed E-state index contributed by atoms with van der Waals surface area (Å²) in [5.41, 5.74) is 1.85. The predicted octanol–water partition coefficient (Wildman–Crippen LogP) is 2.89. The Kier molecular flexibility index (Phi) is 4.79. The van der Waals surface area contributed by atoms with Gasteiger partial charge in [0, 0.05) is 31.0 Å². The summed E-state index contributed by atoms with van der Waals surface area (Å²) < 4.78 is 13.1. The van der Waals surface area contributed by atoms with Crippen molar-refractivity contribution in [2.45, 2.75) is 0 Å². The average molecular weight is 352 g/mol. The Labute approximate surface area is 149 Å². The molecular weight excluding hydrogens is 335 g/mol. The first-order valence-electron chi connectivity index (χ1n) is 7.88. The molecule has 2 N–H and O–H groups in total. The number of halogens is 1. The topological polar surface area (TPSA) is 78.1 Å². The Morgan fingerprint density at radius 2 is 1.73 bits per heavy atom. The van der Waals surface area contributed by atoms with Crippen LogP contribution in [0, 0.1) is 5.82 Å². The lowest BCUT2D eigenvalue weighted by Crippen LogP contribution is -2.21. The zero-order valence-corrected chi connectivity index (χ0v) is 14.3. The van der Waals surface area contributed by atoms with Crippen molar-refractivity contribution in [1.82, 2.24) is 9.97 Å². The molecule has 0 spiro atoms. The number of aromatic amines is 1. The Hall–Kier alpha value is -3.48. The van der Waals surface area contributed by atoms with Crippen LogP contribution in [-0.2, 0) is 0 Å². The first kappa shape index (κ1) is 17.3. The molecule has 26 heavy (non-hydrogen) atoms. The van der Waals surface area contributed by atoms with Crippen LogP contribution in [0.3, 0.4) is 0 Å². The van der Waals surface area contributed by atoms with Gasteiger partial charge in [0.1, 0.15) is 11.5 Å². The van der Waals surface area contributed by atoms with E-state index in [-0.39, 0.29) is 5.69 Å². The van der Waals surface area contributed by atoms with E-state index in [1.807, 2.05) is 31.1 Å². The molecule has 0 aliphatic heterocycles. The van der Waals surface area contributed by atoms with E-state index in [0.29, 0.717) is 16.9 Å². The number of hydrogen-bond donors (Lipinski definition) is 2. The Morgan fingerprint density at radius 1 is 1.08 bits per heavy atom. The van der Waals surface area contributed by atoms with Crippen LogP contribution in [0.25, 0.3) is 11.3 Å². The fourth-order valence-corrected chi connectivity index (χ4v) is 2.39. The lowest BCUT2D eigenvalue weighted by atomic mass is 10.1. The molecule has 3 aromatic rings. The van der Waals surface area contributed by atoms with E-state index in [2.05, 4.69) is 15.3 Å². The highest BCUT2D eigenvalue weighted by Crippen LogP contribution is 2.18. The zero-order valence-electron chi connectivity index (χ0n) is 14.3. The Balaban J connectivity index is 1.85. The van der Waals surface area contributed by atoms with Gasteiger partial charge in [-0.1, -0.05) is 0 Å². The van der Waals surface area contributed by atoms with E-state index in [4.69, 9.17) is 0 Å². The fourth-order valence-electron chi connectivity index (χ4n) is 2.39. The van der Waals surface area contributed by atoms with Crippen LogP contribution < -0.4 is 15.9 Å². The first-order chi connectivity index (χ1) is 12.4. The lowest BCUT2D eigenvalue weighted by Gasteiger charge is -2.13. The smallest absolute Gasteiger partial charge is 0.346 e. The highest BCUT2D eigenvalue weighted by atomic mass is 19.1. The van der Waals surface area contributed by atoms with Crippen LogP contribution in [0.15, 0.2) is 59.4 Å². The molecule has 0 unspecified atom stereocenters. The number of H-pyrrole nitrogens is 1. The number of carbonyl (C=O) groups excluding carboxylic acids is 1. The summed E-state index contributed by atoms with van der Waals surface area (Å²) in [4.78, 5) is 32.4. The van der Waals surface area contributed by atoms with Gasteiger partial charge in [0.05, 0.1) is 5.69 Å². The third kappa shape index (κ3) is 3.94. The van der Waals surface area contributed by atoms with Crippen molar-refractivity contribution in [1.29, 1.82) is 0 Å². The van der Waals surface area contributed by atoms with Gasteiger partial charge >= 0.3 is 5.69 Å². The summed E-state index contributed by atoms with van der Waals surface area (Å²) in [6.07, 6.45) is 0. The minimum Gasteiger partial charge on any atom is -0.378 e. The molecule has 0 aliphatic carbocycles. The second kappa shape index (κ2) is 7.18. The maximum absolute atomic E-state index is 13.1. The van der Waals surface area contributed by atoms with Crippen molar-refractivity contribution in [3.8, 4) is 11.3 Å². The fraction of sp³-hybridized carbons (Fsp3) is 0.105. The molecule has 0 radical (unpaired) electrons. The largest absolute Gasteiger partial charge is 0.378 e. The number of carbonyl (C=O) groups is 1. The summed E-state index contributed by atoms with van der Waals surface area (Å²) in [5.74, 6) is -0.858. The highest BCUT2D eigenvalue weighted by molar-refractivity contribution is 6.03. The van der Waals surface area contributed by atoms with Crippen LogP contribution in [0.1, 0.15) is 10.5 Å². The van der Waals surface area contributed by atoms with Gasteiger partial charge in [0.25, 0.3) is 5.91 Å². The van der Waals surface area contributed by atoms with Gasteiger partial charge in [-0.2, -0.15) is 4.98 Å². The molecule has 0 bridgehead atoms. The van der Waals surface area contributed by atoms with Crippen LogP contribution in [-0.4, -0.2) is 30.0 Å². The van der Waals surface area contributed by atoms with E-state index < -0.39 is 17.4 Å². The van der Waals surface area contributed by atoms with E-state index >= 15 is 0 Å². The standard InChI is InChI=1S/C19H17FN4O2/c1-24(2)15-9-7-14(8-10-15)21-18(25)17-11-16(22-19(26)23-17)12-3-5-13(20)6-4-12/h3-11H,1-2H3,(H,21,25)(H,22,23,26). The van der Waals surface area contributed by atoms with E-state index in [0.717, 1.165) is 5.69 Å². The number of nitrogens with one attached hydrogen (secondary N) is 2. The van der Waals surface area contributed by atoms with Crippen molar-refractivity contribution in [3.05, 3.63) is 76.6 Å². The number of aromatic nitrogens is 2. The molecule has 0 fully saturated rings. The number of hydrogen-bond acceptors (Lipinski definition) is 4. The van der Waals surface area contributed by atoms with Crippen molar-refractivity contribution in [2.75, 3.05) is 24.3 Å². The van der Waals surface area contributed by atoms with Crippen molar-refractivity contribution in [2.24, 2.45) is 0 Å². The second-order valence-electron chi connectivity index (χ2n) is 5.89. The summed E-state index contributed by atoms with van der Waals surface area (Å²) >= 11 is 0. The minimum absolute atomic E-state index is 0.0704. The monoisotopic (exact) mass is 352 g/mol. The predicted molar refractivity (Wildman–Crippen MR) is 99.0 cm³/mol. The SMILES string of the molecule is CN(C)c1ccc(NC(=O)c2cc(-c3ccc(F)cc3)nc(=O)[nH]2)cc1.